The molecule has 86 valence electrons. The van der Waals surface area contributed by atoms with E-state index in [2.05, 4.69) is 9.78 Å². The first-order valence-electron chi connectivity index (χ1n) is 3.12. The topological polar surface area (TPSA) is 52.6 Å². The van der Waals surface area contributed by atoms with E-state index in [1.807, 2.05) is 0 Å². The predicted octanol–water partition coefficient (Wildman–Crippen LogP) is 1.11. The lowest BCUT2D eigenvalue weighted by molar-refractivity contribution is -0.310. The van der Waals surface area contributed by atoms with Crippen molar-refractivity contribution in [2.24, 2.45) is 5.41 Å². The summed E-state index contributed by atoms with van der Waals surface area (Å²) in [6, 6.07) is 0. The van der Waals surface area contributed by atoms with Crippen LogP contribution in [0.25, 0.3) is 0 Å². The van der Waals surface area contributed by atoms with Gasteiger partial charge in [-0.25, -0.2) is 19.4 Å². The monoisotopic (exact) mass is 238 g/mol. The van der Waals surface area contributed by atoms with Gasteiger partial charge in [-0.1, -0.05) is 0 Å². The Bertz CT molecular complexity index is 282. The first-order chi connectivity index (χ1) is 6.55. The molecule has 0 aromatic heterocycles. The van der Waals surface area contributed by atoms with Gasteiger partial charge >= 0.3 is 29.7 Å². The number of hydrogen-bond donors (Lipinski definition) is 0. The predicted molar refractivity (Wildman–Crippen MR) is 26.7 cm³/mol. The Morgan fingerprint density at radius 3 is 1.20 bits per heavy atom. The highest BCUT2D eigenvalue weighted by atomic mass is 19.4. The van der Waals surface area contributed by atoms with Gasteiger partial charge in [0.25, 0.3) is 0 Å². The molecular formula is C5F6O4. The Labute approximate surface area is 76.7 Å². The van der Waals surface area contributed by atoms with E-state index in [0.29, 0.717) is 0 Å². The van der Waals surface area contributed by atoms with Gasteiger partial charge in [0.05, 0.1) is 0 Å². The third kappa shape index (κ3) is 1.23. The van der Waals surface area contributed by atoms with Crippen LogP contribution in [0.15, 0.2) is 0 Å². The van der Waals surface area contributed by atoms with Gasteiger partial charge in [0, 0.05) is 0 Å². The van der Waals surface area contributed by atoms with Gasteiger partial charge < -0.3 is 0 Å². The van der Waals surface area contributed by atoms with Crippen molar-refractivity contribution in [3.05, 3.63) is 0 Å². The van der Waals surface area contributed by atoms with Crippen LogP contribution >= 0.6 is 0 Å². The van der Waals surface area contributed by atoms with Gasteiger partial charge in [-0.2, -0.15) is 26.3 Å². The van der Waals surface area contributed by atoms with Crippen LogP contribution in [0, 0.1) is 5.41 Å². The Hall–Kier alpha value is -1.48. The summed E-state index contributed by atoms with van der Waals surface area (Å²) in [7, 11) is 0. The largest absolute Gasteiger partial charge is 0.425 e. The minimum absolute atomic E-state index is 2.84. The number of alkyl halides is 6. The summed E-state index contributed by atoms with van der Waals surface area (Å²) in [5.74, 6) is -5.68. The third-order valence-corrected chi connectivity index (χ3v) is 1.66. The minimum Gasteiger partial charge on any atom is -0.245 e. The van der Waals surface area contributed by atoms with E-state index in [4.69, 9.17) is 0 Å². The highest BCUT2D eigenvalue weighted by Crippen LogP contribution is 2.54. The van der Waals surface area contributed by atoms with Crippen molar-refractivity contribution < 1.29 is 45.7 Å². The lowest BCUT2D eigenvalue weighted by atomic mass is 9.87. The Balaban J connectivity index is 3.44. The van der Waals surface area contributed by atoms with Crippen LogP contribution in [0.4, 0.5) is 26.3 Å². The van der Waals surface area contributed by atoms with Crippen LogP contribution < -0.4 is 0 Å². The van der Waals surface area contributed by atoms with E-state index in [-0.39, 0.29) is 0 Å². The molecular weight excluding hydrogens is 238 g/mol. The third-order valence-electron chi connectivity index (χ3n) is 1.66. The Morgan fingerprint density at radius 1 is 0.800 bits per heavy atom. The van der Waals surface area contributed by atoms with Crippen molar-refractivity contribution in [1.82, 2.24) is 0 Å². The van der Waals surface area contributed by atoms with Crippen molar-refractivity contribution >= 4 is 11.9 Å². The van der Waals surface area contributed by atoms with Gasteiger partial charge in [0.1, 0.15) is 0 Å². The highest BCUT2D eigenvalue weighted by Gasteiger charge is 2.86. The van der Waals surface area contributed by atoms with Crippen LogP contribution in [0.1, 0.15) is 0 Å². The van der Waals surface area contributed by atoms with Crippen LogP contribution in [0.2, 0.25) is 0 Å². The van der Waals surface area contributed by atoms with Crippen molar-refractivity contribution in [1.29, 1.82) is 0 Å². The number of halogens is 6. The molecule has 0 atom stereocenters. The highest BCUT2D eigenvalue weighted by molar-refractivity contribution is 6.04. The summed E-state index contributed by atoms with van der Waals surface area (Å²) in [6.07, 6.45) is -12.3. The van der Waals surface area contributed by atoms with E-state index in [1.54, 1.807) is 0 Å². The van der Waals surface area contributed by atoms with Gasteiger partial charge in [0.15, 0.2) is 0 Å². The molecule has 0 unspecified atom stereocenters. The average Bonchev–Trinajstić information content (AvgIpc) is 2.23. The van der Waals surface area contributed by atoms with E-state index in [1.165, 1.54) is 0 Å². The molecule has 1 aliphatic heterocycles. The molecule has 1 rings (SSSR count). The second-order valence-electron chi connectivity index (χ2n) is 2.49. The zero-order valence-electron chi connectivity index (χ0n) is 6.40. The molecule has 0 bridgehead atoms. The molecule has 0 radical (unpaired) electrons. The van der Waals surface area contributed by atoms with Gasteiger partial charge in [-0.15, -0.1) is 0 Å². The van der Waals surface area contributed by atoms with Crippen LogP contribution in [0.5, 0.6) is 0 Å². The fourth-order valence-electron chi connectivity index (χ4n) is 0.908. The normalized spacial score (nSPS) is 21.2. The molecule has 0 aromatic rings. The first kappa shape index (κ1) is 11.6. The summed E-state index contributed by atoms with van der Waals surface area (Å²) in [4.78, 5) is 26.8. The van der Waals surface area contributed by atoms with Crippen molar-refractivity contribution in [2.45, 2.75) is 12.4 Å². The molecule has 0 saturated carbocycles. The molecule has 10 heteroatoms. The van der Waals surface area contributed by atoms with Gasteiger partial charge in [0.2, 0.25) is 0 Å². The van der Waals surface area contributed by atoms with Crippen molar-refractivity contribution in [2.75, 3.05) is 0 Å². The summed E-state index contributed by atoms with van der Waals surface area (Å²) in [6.45, 7) is 0. The second kappa shape index (κ2) is 2.76. The summed E-state index contributed by atoms with van der Waals surface area (Å²) in [5.41, 5.74) is -5.24. The first-order valence-corrected chi connectivity index (χ1v) is 3.12. The molecule has 1 saturated heterocycles. The maximum absolute atomic E-state index is 12.1. The lowest BCUT2D eigenvalue weighted by Crippen LogP contribution is -2.57. The van der Waals surface area contributed by atoms with Crippen molar-refractivity contribution in [3.8, 4) is 0 Å². The molecule has 0 spiro atoms. The van der Waals surface area contributed by atoms with E-state index < -0.39 is 29.7 Å². The molecule has 0 N–H and O–H groups in total. The zero-order valence-corrected chi connectivity index (χ0v) is 6.40. The van der Waals surface area contributed by atoms with E-state index >= 15 is 0 Å². The molecule has 1 aliphatic rings. The fraction of sp³-hybridized carbons (Fsp3) is 0.600. The lowest BCUT2D eigenvalue weighted by Gasteiger charge is -2.24. The van der Waals surface area contributed by atoms with Crippen LogP contribution in [0.3, 0.4) is 0 Å². The van der Waals surface area contributed by atoms with Gasteiger partial charge in [-0.3, -0.25) is 0 Å². The number of carbonyl (C=O) groups is 2. The molecule has 1 heterocycles. The molecule has 0 amide bonds. The number of carbonyl (C=O) groups excluding carboxylic acids is 2. The van der Waals surface area contributed by atoms with Crippen LogP contribution in [-0.2, 0) is 19.4 Å². The number of hydrogen-bond acceptors (Lipinski definition) is 4. The smallest absolute Gasteiger partial charge is 0.245 e. The SMILES string of the molecule is O=C1OOC(=O)C1(C(F)(F)F)C(F)(F)F. The van der Waals surface area contributed by atoms with Gasteiger partial charge in [-0.05, 0) is 0 Å². The van der Waals surface area contributed by atoms with E-state index in [9.17, 15) is 35.9 Å². The maximum atomic E-state index is 12.1. The average molecular weight is 238 g/mol. The van der Waals surface area contributed by atoms with Crippen LogP contribution in [-0.4, -0.2) is 24.3 Å². The quantitative estimate of drug-likeness (QED) is 0.360. The summed E-state index contributed by atoms with van der Waals surface area (Å²) < 4.78 is 72.5. The maximum Gasteiger partial charge on any atom is 0.425 e. The molecule has 4 nitrogen and oxygen atoms in total. The molecule has 15 heavy (non-hydrogen) atoms. The van der Waals surface area contributed by atoms with Crippen molar-refractivity contribution in [3.63, 3.8) is 0 Å². The summed E-state index contributed by atoms with van der Waals surface area (Å²) >= 11 is 0. The zero-order chi connectivity index (χ0) is 12.1. The standard InChI is InChI=1S/C5F6O4/c6-4(7,8)3(5(9,10)11)1(12)14-15-2(3)13. The molecule has 0 aromatic carbocycles. The van der Waals surface area contributed by atoms with E-state index in [0.717, 1.165) is 0 Å². The fourth-order valence-corrected chi connectivity index (χ4v) is 0.908. The Morgan fingerprint density at radius 2 is 1.07 bits per heavy atom. The molecule has 0 aliphatic carbocycles. The second-order valence-corrected chi connectivity index (χ2v) is 2.49. The summed E-state index contributed by atoms with van der Waals surface area (Å²) in [5, 5.41) is 0. The minimum atomic E-state index is -6.17. The number of rotatable bonds is 0. The Kier molecular flexibility index (Phi) is 2.14. The molecule has 1 fully saturated rings.